The average molecular weight is 280 g/mol. The number of halogens is 1. The Balaban J connectivity index is 2.23. The average Bonchev–Trinajstić information content (AvgIpc) is 2.91. The fraction of sp³-hybridized carbons (Fsp3) is 0.500. The van der Waals surface area contributed by atoms with Crippen LogP contribution >= 0.6 is 11.6 Å². The fourth-order valence-electron chi connectivity index (χ4n) is 2.78. The monoisotopic (exact) mass is 279 g/mol. The van der Waals surface area contributed by atoms with Crippen LogP contribution in [0.2, 0.25) is 5.02 Å². The quantitative estimate of drug-likeness (QED) is 0.918. The van der Waals surface area contributed by atoms with Crippen molar-refractivity contribution in [2.24, 2.45) is 5.73 Å². The largest absolute Gasteiger partial charge is 0.379 e. The molecule has 1 aliphatic rings. The van der Waals surface area contributed by atoms with E-state index >= 15 is 0 Å². The first kappa shape index (κ1) is 12.9. The predicted octanol–water partition coefficient (Wildman–Crippen LogP) is 2.32. The Morgan fingerprint density at radius 3 is 3.00 bits per heavy atom. The molecular formula is C14H18ClN3O. The summed E-state index contributed by atoms with van der Waals surface area (Å²) < 4.78 is 7.75. The normalized spacial score (nSPS) is 27.3. The minimum Gasteiger partial charge on any atom is -0.379 e. The molecule has 1 fully saturated rings. The molecule has 2 aromatic rings. The molecule has 0 radical (unpaired) electrons. The third kappa shape index (κ3) is 1.86. The van der Waals surface area contributed by atoms with E-state index in [0.717, 1.165) is 23.4 Å². The number of aromatic nitrogens is 2. The molecule has 0 bridgehead atoms. The smallest absolute Gasteiger partial charge is 0.119 e. The lowest BCUT2D eigenvalue weighted by Gasteiger charge is -2.26. The van der Waals surface area contributed by atoms with Crippen molar-refractivity contribution in [3.8, 4) is 0 Å². The Bertz CT molecular complexity index is 624. The summed E-state index contributed by atoms with van der Waals surface area (Å²) in [5.74, 6) is 0.997. The highest BCUT2D eigenvalue weighted by molar-refractivity contribution is 6.31. The third-order valence-corrected chi connectivity index (χ3v) is 4.29. The van der Waals surface area contributed by atoms with Crippen molar-refractivity contribution in [1.82, 2.24) is 9.55 Å². The predicted molar refractivity (Wildman–Crippen MR) is 76.6 cm³/mol. The Kier molecular flexibility index (Phi) is 3.04. The van der Waals surface area contributed by atoms with Gasteiger partial charge >= 0.3 is 0 Å². The Morgan fingerprint density at radius 2 is 2.37 bits per heavy atom. The van der Waals surface area contributed by atoms with Crippen LogP contribution in [0.15, 0.2) is 18.2 Å². The molecule has 4 nitrogen and oxygen atoms in total. The number of benzene rings is 1. The van der Waals surface area contributed by atoms with Crippen molar-refractivity contribution < 1.29 is 4.74 Å². The zero-order valence-electron chi connectivity index (χ0n) is 11.2. The molecule has 1 aromatic heterocycles. The van der Waals surface area contributed by atoms with Gasteiger partial charge in [-0.1, -0.05) is 11.6 Å². The lowest BCUT2D eigenvalue weighted by Crippen LogP contribution is -2.43. The minimum absolute atomic E-state index is 0.0231. The summed E-state index contributed by atoms with van der Waals surface area (Å²) >= 11 is 6.05. The molecule has 0 saturated carbocycles. The molecule has 0 aliphatic carbocycles. The van der Waals surface area contributed by atoms with Gasteiger partial charge in [0.1, 0.15) is 5.82 Å². The zero-order chi connectivity index (χ0) is 13.6. The van der Waals surface area contributed by atoms with E-state index in [1.165, 1.54) is 0 Å². The van der Waals surface area contributed by atoms with Crippen LogP contribution in [-0.2, 0) is 16.7 Å². The van der Waals surface area contributed by atoms with Crippen LogP contribution in [0.4, 0.5) is 0 Å². The summed E-state index contributed by atoms with van der Waals surface area (Å²) in [5.41, 5.74) is 8.00. The van der Waals surface area contributed by atoms with Gasteiger partial charge in [0.25, 0.3) is 0 Å². The van der Waals surface area contributed by atoms with Crippen LogP contribution in [-0.4, -0.2) is 28.8 Å². The summed E-state index contributed by atoms with van der Waals surface area (Å²) in [6, 6.07) is 5.79. The lowest BCUT2D eigenvalue weighted by molar-refractivity contribution is 0.177. The Labute approximate surface area is 117 Å². The first-order chi connectivity index (χ1) is 9.06. The second kappa shape index (κ2) is 4.47. The number of aryl methyl sites for hydroxylation is 1. The van der Waals surface area contributed by atoms with Crippen molar-refractivity contribution in [3.05, 3.63) is 29.0 Å². The molecule has 2 unspecified atom stereocenters. The third-order valence-electron chi connectivity index (χ3n) is 4.06. The van der Waals surface area contributed by atoms with Gasteiger partial charge in [0.15, 0.2) is 0 Å². The number of nitrogens with two attached hydrogens (primary N) is 1. The van der Waals surface area contributed by atoms with Crippen LogP contribution in [0.5, 0.6) is 0 Å². The van der Waals surface area contributed by atoms with Crippen molar-refractivity contribution >= 4 is 22.6 Å². The van der Waals surface area contributed by atoms with Gasteiger partial charge in [0, 0.05) is 17.6 Å². The molecule has 0 amide bonds. The number of nitrogens with zero attached hydrogens (tertiary/aromatic N) is 2. The number of imidazole rings is 1. The highest BCUT2D eigenvalue weighted by Gasteiger charge is 2.43. The highest BCUT2D eigenvalue weighted by atomic mass is 35.5. The van der Waals surface area contributed by atoms with Crippen LogP contribution in [0.25, 0.3) is 11.0 Å². The molecule has 2 N–H and O–H groups in total. The molecular weight excluding hydrogens is 262 g/mol. The molecule has 3 rings (SSSR count). The molecule has 1 aromatic carbocycles. The summed E-state index contributed by atoms with van der Waals surface area (Å²) in [7, 11) is 0. The molecule has 1 aliphatic heterocycles. The zero-order valence-corrected chi connectivity index (χ0v) is 11.9. The number of hydrogen-bond acceptors (Lipinski definition) is 3. The summed E-state index contributed by atoms with van der Waals surface area (Å²) in [5, 5.41) is 0.705. The maximum Gasteiger partial charge on any atom is 0.119 e. The molecule has 102 valence electrons. The van der Waals surface area contributed by atoms with E-state index < -0.39 is 0 Å². The topological polar surface area (TPSA) is 53.1 Å². The summed E-state index contributed by atoms with van der Waals surface area (Å²) in [6.45, 7) is 6.30. The minimum atomic E-state index is -0.235. The molecule has 2 atom stereocenters. The van der Waals surface area contributed by atoms with Gasteiger partial charge in [-0.3, -0.25) is 0 Å². The van der Waals surface area contributed by atoms with Crippen molar-refractivity contribution in [1.29, 1.82) is 0 Å². The number of ether oxygens (including phenoxy) is 1. The SMILES string of the molecule is CCn1c(C2(C)COCC2N)nc2cc(Cl)ccc21. The molecule has 2 heterocycles. The maximum absolute atomic E-state index is 6.22. The van der Waals surface area contributed by atoms with E-state index in [4.69, 9.17) is 27.1 Å². The number of rotatable bonds is 2. The van der Waals surface area contributed by atoms with Crippen molar-refractivity contribution in [2.75, 3.05) is 13.2 Å². The van der Waals surface area contributed by atoms with Crippen LogP contribution in [0.1, 0.15) is 19.7 Å². The number of hydrogen-bond donors (Lipinski definition) is 1. The standard InChI is InChI=1S/C14H18ClN3O/c1-3-18-11-5-4-9(15)6-10(11)17-13(18)14(2)8-19-7-12(14)16/h4-6,12H,3,7-8,16H2,1-2H3. The van der Waals surface area contributed by atoms with E-state index in [1.807, 2.05) is 18.2 Å². The number of fused-ring (bicyclic) bond motifs is 1. The molecule has 1 saturated heterocycles. The van der Waals surface area contributed by atoms with Gasteiger partial charge in [-0.15, -0.1) is 0 Å². The maximum atomic E-state index is 6.22. The summed E-state index contributed by atoms with van der Waals surface area (Å²) in [6.07, 6.45) is 0. The van der Waals surface area contributed by atoms with Gasteiger partial charge in [0.05, 0.1) is 29.7 Å². The van der Waals surface area contributed by atoms with Crippen LogP contribution < -0.4 is 5.73 Å². The summed E-state index contributed by atoms with van der Waals surface area (Å²) in [4.78, 5) is 4.77. The first-order valence-electron chi connectivity index (χ1n) is 6.56. The van der Waals surface area contributed by atoms with E-state index in [9.17, 15) is 0 Å². The van der Waals surface area contributed by atoms with E-state index in [-0.39, 0.29) is 11.5 Å². The van der Waals surface area contributed by atoms with Gasteiger partial charge in [-0.05, 0) is 32.0 Å². The van der Waals surface area contributed by atoms with Gasteiger partial charge < -0.3 is 15.0 Å². The van der Waals surface area contributed by atoms with E-state index in [0.29, 0.717) is 18.2 Å². The Hall–Kier alpha value is -1.10. The van der Waals surface area contributed by atoms with Crippen LogP contribution in [0.3, 0.4) is 0 Å². The van der Waals surface area contributed by atoms with Gasteiger partial charge in [-0.25, -0.2) is 4.98 Å². The van der Waals surface area contributed by atoms with Crippen molar-refractivity contribution in [3.63, 3.8) is 0 Å². The molecule has 19 heavy (non-hydrogen) atoms. The highest BCUT2D eigenvalue weighted by Crippen LogP contribution is 2.34. The first-order valence-corrected chi connectivity index (χ1v) is 6.93. The van der Waals surface area contributed by atoms with E-state index in [2.05, 4.69) is 18.4 Å². The Morgan fingerprint density at radius 1 is 1.58 bits per heavy atom. The van der Waals surface area contributed by atoms with E-state index in [1.54, 1.807) is 0 Å². The second-order valence-corrected chi connectivity index (χ2v) is 5.79. The molecule has 0 spiro atoms. The van der Waals surface area contributed by atoms with Gasteiger partial charge in [-0.2, -0.15) is 0 Å². The van der Waals surface area contributed by atoms with Crippen LogP contribution in [0, 0.1) is 0 Å². The van der Waals surface area contributed by atoms with Crippen molar-refractivity contribution in [2.45, 2.75) is 31.8 Å². The fourth-order valence-corrected chi connectivity index (χ4v) is 2.94. The van der Waals surface area contributed by atoms with Gasteiger partial charge in [0.2, 0.25) is 0 Å². The lowest BCUT2D eigenvalue weighted by atomic mass is 9.85. The molecule has 5 heteroatoms. The second-order valence-electron chi connectivity index (χ2n) is 5.35.